The first-order valence-electron chi connectivity index (χ1n) is 8.48. The van der Waals surface area contributed by atoms with Crippen LogP contribution in [0.3, 0.4) is 0 Å². The minimum atomic E-state index is 0. The molecule has 2 N–H and O–H groups in total. The number of hydrogen-bond acceptors (Lipinski definition) is 3. The van der Waals surface area contributed by atoms with Crippen molar-refractivity contribution in [3.8, 4) is 5.75 Å². The Bertz CT molecular complexity index is 488. The van der Waals surface area contributed by atoms with E-state index in [0.717, 1.165) is 49.0 Å². The number of hydrogen-bond donors (Lipinski definition) is 1. The van der Waals surface area contributed by atoms with Gasteiger partial charge in [0.05, 0.1) is 6.61 Å². The fourth-order valence-corrected chi connectivity index (χ4v) is 3.20. The van der Waals surface area contributed by atoms with Crippen molar-refractivity contribution in [3.05, 3.63) is 28.7 Å². The number of carbonyl (C=O) groups is 1. The molecule has 4 nitrogen and oxygen atoms in total. The van der Waals surface area contributed by atoms with Gasteiger partial charge in [0.25, 0.3) is 0 Å². The summed E-state index contributed by atoms with van der Waals surface area (Å²) in [6.07, 6.45) is 4.47. The molecule has 0 bridgehead atoms. The lowest BCUT2D eigenvalue weighted by Crippen LogP contribution is -2.42. The van der Waals surface area contributed by atoms with Crippen molar-refractivity contribution in [1.29, 1.82) is 0 Å². The Labute approximate surface area is 159 Å². The van der Waals surface area contributed by atoms with Crippen molar-refractivity contribution in [2.45, 2.75) is 45.1 Å². The average molecular weight is 420 g/mol. The number of halogens is 2. The van der Waals surface area contributed by atoms with Gasteiger partial charge in [-0.3, -0.25) is 4.79 Å². The second-order valence-electron chi connectivity index (χ2n) is 6.34. The van der Waals surface area contributed by atoms with Crippen LogP contribution in [0.25, 0.3) is 0 Å². The van der Waals surface area contributed by atoms with Gasteiger partial charge in [-0.15, -0.1) is 12.4 Å². The van der Waals surface area contributed by atoms with Crippen molar-refractivity contribution in [3.63, 3.8) is 0 Å². The molecular weight excluding hydrogens is 392 g/mol. The maximum Gasteiger partial charge on any atom is 0.222 e. The molecule has 0 radical (unpaired) electrons. The number of carbonyl (C=O) groups excluding carboxylic acids is 1. The Kier molecular flexibility index (Phi) is 9.71. The van der Waals surface area contributed by atoms with Crippen molar-refractivity contribution in [2.75, 3.05) is 19.7 Å². The summed E-state index contributed by atoms with van der Waals surface area (Å²) in [4.78, 5) is 14.2. The summed E-state index contributed by atoms with van der Waals surface area (Å²) in [6.45, 7) is 4.44. The summed E-state index contributed by atoms with van der Waals surface area (Å²) < 4.78 is 6.71. The molecule has 0 aromatic heterocycles. The Morgan fingerprint density at radius 2 is 1.92 bits per heavy atom. The summed E-state index contributed by atoms with van der Waals surface area (Å²) in [5.41, 5.74) is 5.94. The highest BCUT2D eigenvalue weighted by Crippen LogP contribution is 2.20. The lowest BCUT2D eigenvalue weighted by Gasteiger charge is -2.33. The van der Waals surface area contributed by atoms with Gasteiger partial charge in [0, 0.05) is 30.0 Å². The predicted molar refractivity (Wildman–Crippen MR) is 104 cm³/mol. The number of piperidine rings is 1. The summed E-state index contributed by atoms with van der Waals surface area (Å²) >= 11 is 3.40. The molecule has 0 saturated carbocycles. The molecule has 1 heterocycles. The van der Waals surface area contributed by atoms with Crippen LogP contribution in [0.5, 0.6) is 5.75 Å². The van der Waals surface area contributed by atoms with Crippen molar-refractivity contribution >= 4 is 34.2 Å². The largest absolute Gasteiger partial charge is 0.494 e. The van der Waals surface area contributed by atoms with E-state index in [9.17, 15) is 4.79 Å². The van der Waals surface area contributed by atoms with Crippen LogP contribution in [0, 0.1) is 5.92 Å². The molecule has 1 unspecified atom stereocenters. The maximum absolute atomic E-state index is 12.2. The molecule has 24 heavy (non-hydrogen) atoms. The molecule has 1 amide bonds. The second-order valence-corrected chi connectivity index (χ2v) is 7.25. The lowest BCUT2D eigenvalue weighted by molar-refractivity contribution is -0.132. The highest BCUT2D eigenvalue weighted by Gasteiger charge is 2.24. The Morgan fingerprint density at radius 1 is 1.29 bits per heavy atom. The summed E-state index contributed by atoms with van der Waals surface area (Å²) in [6, 6.07) is 8.05. The highest BCUT2D eigenvalue weighted by atomic mass is 79.9. The van der Waals surface area contributed by atoms with Crippen LogP contribution < -0.4 is 10.5 Å². The molecule has 2 rings (SSSR count). The van der Waals surface area contributed by atoms with Gasteiger partial charge in [-0.25, -0.2) is 0 Å². The minimum Gasteiger partial charge on any atom is -0.494 e. The molecule has 1 fully saturated rings. The summed E-state index contributed by atoms with van der Waals surface area (Å²) in [5.74, 6) is 1.72. The van der Waals surface area contributed by atoms with Crippen LogP contribution in [0.1, 0.15) is 39.0 Å². The van der Waals surface area contributed by atoms with Gasteiger partial charge in [-0.05, 0) is 62.8 Å². The van der Waals surface area contributed by atoms with E-state index in [4.69, 9.17) is 10.5 Å². The van der Waals surface area contributed by atoms with E-state index in [2.05, 4.69) is 22.9 Å². The molecule has 1 aliphatic rings. The Hall–Kier alpha value is -0.780. The van der Waals surface area contributed by atoms with Gasteiger partial charge in [0.15, 0.2) is 0 Å². The van der Waals surface area contributed by atoms with Crippen molar-refractivity contribution < 1.29 is 9.53 Å². The van der Waals surface area contributed by atoms with Crippen LogP contribution in [0.2, 0.25) is 0 Å². The third-order valence-corrected chi connectivity index (χ3v) is 5.03. The highest BCUT2D eigenvalue weighted by molar-refractivity contribution is 9.10. The van der Waals surface area contributed by atoms with Crippen molar-refractivity contribution in [1.82, 2.24) is 4.90 Å². The van der Waals surface area contributed by atoms with Crippen molar-refractivity contribution in [2.24, 2.45) is 11.7 Å². The lowest BCUT2D eigenvalue weighted by atomic mass is 9.91. The number of nitrogens with two attached hydrogens (primary N) is 1. The molecule has 1 aromatic rings. The smallest absolute Gasteiger partial charge is 0.222 e. The van der Waals surface area contributed by atoms with Gasteiger partial charge in [-0.2, -0.15) is 0 Å². The quantitative estimate of drug-likeness (QED) is 0.679. The van der Waals surface area contributed by atoms with E-state index in [1.807, 2.05) is 29.2 Å². The molecule has 1 saturated heterocycles. The normalized spacial score (nSPS) is 16.4. The predicted octanol–water partition coefficient (Wildman–Crippen LogP) is 4.01. The maximum atomic E-state index is 12.2. The first-order chi connectivity index (χ1) is 11.1. The first kappa shape index (κ1) is 21.3. The third kappa shape index (κ3) is 6.99. The molecular formula is C18H28BrClN2O2. The van der Waals surface area contributed by atoms with Crippen LogP contribution in [0.15, 0.2) is 28.7 Å². The number of ether oxygens (including phenoxy) is 1. The van der Waals surface area contributed by atoms with Crippen LogP contribution in [-0.4, -0.2) is 36.5 Å². The molecule has 136 valence electrons. The van der Waals surface area contributed by atoms with E-state index in [-0.39, 0.29) is 24.4 Å². The second kappa shape index (κ2) is 11.0. The van der Waals surface area contributed by atoms with Gasteiger partial charge < -0.3 is 15.4 Å². The van der Waals surface area contributed by atoms with Crippen LogP contribution >= 0.6 is 28.3 Å². The van der Waals surface area contributed by atoms with Crippen LogP contribution in [0.4, 0.5) is 0 Å². The molecule has 1 aliphatic heterocycles. The zero-order chi connectivity index (χ0) is 16.7. The van der Waals surface area contributed by atoms with E-state index < -0.39 is 0 Å². The molecule has 1 aromatic carbocycles. The monoisotopic (exact) mass is 418 g/mol. The number of amides is 1. The average Bonchev–Trinajstić information content (AvgIpc) is 2.56. The Morgan fingerprint density at radius 3 is 2.50 bits per heavy atom. The Balaban J connectivity index is 0.00000288. The fraction of sp³-hybridized carbons (Fsp3) is 0.611. The zero-order valence-electron chi connectivity index (χ0n) is 14.2. The number of nitrogens with zero attached hydrogens (tertiary/aromatic N) is 1. The molecule has 1 atom stereocenters. The molecule has 6 heteroatoms. The van der Waals surface area contributed by atoms with E-state index >= 15 is 0 Å². The number of likely N-dealkylation sites (tertiary alicyclic amines) is 1. The number of unbranched alkanes of at least 4 members (excludes halogenated alkanes) is 1. The SMILES string of the molecule is CC(N)C1CCN(C(=O)CCCCOc2ccc(Br)cc2)CC1.Cl. The standard InChI is InChI=1S/C18H27BrN2O2.ClH/c1-14(20)15-9-11-21(12-10-15)18(22)4-2-3-13-23-17-7-5-16(19)6-8-17;/h5-8,14-15H,2-4,9-13,20H2,1H3;1H. The van der Waals surface area contributed by atoms with Gasteiger partial charge in [0.1, 0.15) is 5.75 Å². The van der Waals surface area contributed by atoms with E-state index in [1.54, 1.807) is 0 Å². The number of benzene rings is 1. The fourth-order valence-electron chi connectivity index (χ4n) is 2.93. The topological polar surface area (TPSA) is 55.6 Å². The van der Waals surface area contributed by atoms with Gasteiger partial charge in [0.2, 0.25) is 5.91 Å². The van der Waals surface area contributed by atoms with E-state index in [0.29, 0.717) is 18.9 Å². The number of rotatable bonds is 7. The minimum absolute atomic E-state index is 0. The van der Waals surface area contributed by atoms with E-state index in [1.165, 1.54) is 0 Å². The zero-order valence-corrected chi connectivity index (χ0v) is 16.7. The van der Waals surface area contributed by atoms with Gasteiger partial charge in [-0.1, -0.05) is 15.9 Å². The molecule has 0 spiro atoms. The van der Waals surface area contributed by atoms with Gasteiger partial charge >= 0.3 is 0 Å². The summed E-state index contributed by atoms with van der Waals surface area (Å²) in [7, 11) is 0. The van der Waals surface area contributed by atoms with Crippen LogP contribution in [-0.2, 0) is 4.79 Å². The first-order valence-corrected chi connectivity index (χ1v) is 9.27. The third-order valence-electron chi connectivity index (χ3n) is 4.50. The molecule has 0 aliphatic carbocycles. The summed E-state index contributed by atoms with van der Waals surface area (Å²) in [5, 5.41) is 0.